The summed E-state index contributed by atoms with van der Waals surface area (Å²) in [6.07, 6.45) is 1.68. The molecule has 0 spiro atoms. The molecule has 0 radical (unpaired) electrons. The minimum atomic E-state index is -0.768. The Hall–Kier alpha value is -3.14. The zero-order valence-corrected chi connectivity index (χ0v) is 22.4. The van der Waals surface area contributed by atoms with E-state index in [0.29, 0.717) is 37.4 Å². The lowest BCUT2D eigenvalue weighted by Crippen LogP contribution is -2.54. The second-order valence-corrected chi connectivity index (χ2v) is 9.54. The Morgan fingerprint density at radius 2 is 1.56 bits per heavy atom. The van der Waals surface area contributed by atoms with E-state index in [1.165, 1.54) is 7.05 Å². The number of carbonyl (C=O) groups is 4. The van der Waals surface area contributed by atoms with Crippen molar-refractivity contribution in [1.82, 2.24) is 21.3 Å². The van der Waals surface area contributed by atoms with Gasteiger partial charge in [0.15, 0.2) is 0 Å². The topological polar surface area (TPSA) is 138 Å². The second kappa shape index (κ2) is 16.5. The number of alkyl carbamates (subject to hydrolysis) is 1. The summed E-state index contributed by atoms with van der Waals surface area (Å²) in [6, 6.07) is 5.40. The standard InChI is InChI=1S/C26H43N5O5/c1-17(2)9-14-22(32)31-23(18(3)4)25(34)30-21(8-7-15-27-5)24(33)29-20-12-10-19(11-13-20)16-36-26(35)28-6/h10-13,17-18,21,23,27H,7-9,14-16H2,1-6H3,(H,28,35)(H,29,33)(H,30,34)(H,31,32). The van der Waals surface area contributed by atoms with Crippen molar-refractivity contribution in [2.24, 2.45) is 11.8 Å². The molecule has 2 unspecified atom stereocenters. The normalized spacial score (nSPS) is 12.6. The van der Waals surface area contributed by atoms with E-state index in [9.17, 15) is 19.2 Å². The Morgan fingerprint density at radius 3 is 2.11 bits per heavy atom. The predicted molar refractivity (Wildman–Crippen MR) is 140 cm³/mol. The Bertz CT molecular complexity index is 842. The molecule has 5 N–H and O–H groups in total. The van der Waals surface area contributed by atoms with E-state index < -0.39 is 18.2 Å². The van der Waals surface area contributed by atoms with Crippen molar-refractivity contribution in [2.75, 3.05) is 26.0 Å². The summed E-state index contributed by atoms with van der Waals surface area (Å²) in [7, 11) is 3.31. The summed E-state index contributed by atoms with van der Waals surface area (Å²) in [5, 5.41) is 13.9. The van der Waals surface area contributed by atoms with E-state index in [4.69, 9.17) is 4.74 Å². The molecule has 2 atom stereocenters. The molecule has 0 aliphatic rings. The highest BCUT2D eigenvalue weighted by atomic mass is 16.5. The third kappa shape index (κ3) is 12.0. The van der Waals surface area contributed by atoms with E-state index >= 15 is 0 Å². The second-order valence-electron chi connectivity index (χ2n) is 9.54. The Morgan fingerprint density at radius 1 is 0.889 bits per heavy atom. The molecule has 10 heteroatoms. The first kappa shape index (κ1) is 30.9. The van der Waals surface area contributed by atoms with Gasteiger partial charge in [0.05, 0.1) is 0 Å². The predicted octanol–water partition coefficient (Wildman–Crippen LogP) is 2.54. The first-order valence-electron chi connectivity index (χ1n) is 12.6. The van der Waals surface area contributed by atoms with Gasteiger partial charge in [-0.15, -0.1) is 0 Å². The largest absolute Gasteiger partial charge is 0.445 e. The lowest BCUT2D eigenvalue weighted by Gasteiger charge is -2.25. The van der Waals surface area contributed by atoms with Crippen molar-refractivity contribution in [3.8, 4) is 0 Å². The molecule has 10 nitrogen and oxygen atoms in total. The van der Waals surface area contributed by atoms with Gasteiger partial charge >= 0.3 is 6.09 Å². The Labute approximate surface area is 214 Å². The monoisotopic (exact) mass is 505 g/mol. The van der Waals surface area contributed by atoms with Gasteiger partial charge in [-0.2, -0.15) is 0 Å². The Kier molecular flexibility index (Phi) is 14.2. The fourth-order valence-corrected chi connectivity index (χ4v) is 3.35. The van der Waals surface area contributed by atoms with Crippen LogP contribution in [0.2, 0.25) is 0 Å². The van der Waals surface area contributed by atoms with Gasteiger partial charge in [-0.1, -0.05) is 39.8 Å². The third-order valence-electron chi connectivity index (χ3n) is 5.56. The third-order valence-corrected chi connectivity index (χ3v) is 5.56. The highest BCUT2D eigenvalue weighted by Crippen LogP contribution is 2.13. The van der Waals surface area contributed by atoms with Crippen LogP contribution in [0.15, 0.2) is 24.3 Å². The SMILES string of the molecule is CNCCCC(NC(=O)C(NC(=O)CCC(C)C)C(C)C)C(=O)Nc1ccc(COC(=O)NC)cc1. The molecule has 4 amide bonds. The van der Waals surface area contributed by atoms with Crippen LogP contribution in [0, 0.1) is 11.8 Å². The van der Waals surface area contributed by atoms with E-state index in [1.54, 1.807) is 24.3 Å². The minimum absolute atomic E-state index is 0.107. The highest BCUT2D eigenvalue weighted by molar-refractivity contribution is 5.98. The van der Waals surface area contributed by atoms with Crippen LogP contribution in [0.3, 0.4) is 0 Å². The molecule has 0 aliphatic heterocycles. The van der Waals surface area contributed by atoms with Gasteiger partial charge in [0, 0.05) is 19.2 Å². The van der Waals surface area contributed by atoms with Crippen LogP contribution in [0.1, 0.15) is 58.9 Å². The van der Waals surface area contributed by atoms with Crippen LogP contribution < -0.4 is 26.6 Å². The number of anilines is 1. The van der Waals surface area contributed by atoms with Crippen LogP contribution >= 0.6 is 0 Å². The fraction of sp³-hybridized carbons (Fsp3) is 0.615. The smallest absolute Gasteiger partial charge is 0.407 e. The molecule has 1 aromatic carbocycles. The van der Waals surface area contributed by atoms with E-state index in [0.717, 1.165) is 12.0 Å². The van der Waals surface area contributed by atoms with E-state index in [1.807, 2.05) is 34.7 Å². The zero-order chi connectivity index (χ0) is 27.1. The molecule has 0 heterocycles. The molecule has 1 rings (SSSR count). The summed E-state index contributed by atoms with van der Waals surface area (Å²) < 4.78 is 5.01. The van der Waals surface area contributed by atoms with Gasteiger partial charge in [-0.05, 0) is 62.4 Å². The molecule has 0 saturated carbocycles. The molecular weight excluding hydrogens is 462 g/mol. The first-order chi connectivity index (χ1) is 17.1. The van der Waals surface area contributed by atoms with Gasteiger partial charge in [0.1, 0.15) is 18.7 Å². The van der Waals surface area contributed by atoms with Gasteiger partial charge in [0.2, 0.25) is 17.7 Å². The van der Waals surface area contributed by atoms with Gasteiger partial charge in [-0.25, -0.2) is 4.79 Å². The number of hydrogen-bond acceptors (Lipinski definition) is 6. The molecule has 0 aliphatic carbocycles. The summed E-state index contributed by atoms with van der Waals surface area (Å²) in [5.74, 6) is -0.649. The average Bonchev–Trinajstić information content (AvgIpc) is 2.84. The molecular formula is C26H43N5O5. The number of ether oxygens (including phenoxy) is 1. The van der Waals surface area contributed by atoms with Crippen molar-refractivity contribution in [3.63, 3.8) is 0 Å². The van der Waals surface area contributed by atoms with Crippen molar-refractivity contribution in [2.45, 2.75) is 72.1 Å². The van der Waals surface area contributed by atoms with E-state index in [-0.39, 0.29) is 30.2 Å². The number of carbonyl (C=O) groups excluding carboxylic acids is 4. The van der Waals surface area contributed by atoms with Crippen molar-refractivity contribution in [1.29, 1.82) is 0 Å². The maximum absolute atomic E-state index is 13.1. The molecule has 0 aromatic heterocycles. The molecule has 36 heavy (non-hydrogen) atoms. The van der Waals surface area contributed by atoms with Crippen molar-refractivity contribution < 1.29 is 23.9 Å². The maximum atomic E-state index is 13.1. The molecule has 0 bridgehead atoms. The number of rotatable bonds is 15. The highest BCUT2D eigenvalue weighted by Gasteiger charge is 2.28. The average molecular weight is 506 g/mol. The fourth-order valence-electron chi connectivity index (χ4n) is 3.35. The van der Waals surface area contributed by atoms with Crippen LogP contribution in [0.4, 0.5) is 10.5 Å². The molecule has 0 fully saturated rings. The number of hydrogen-bond donors (Lipinski definition) is 5. The summed E-state index contributed by atoms with van der Waals surface area (Å²) in [4.78, 5) is 49.7. The van der Waals surface area contributed by atoms with Crippen LogP contribution in [0.25, 0.3) is 0 Å². The Balaban J connectivity index is 2.84. The maximum Gasteiger partial charge on any atom is 0.407 e. The van der Waals surface area contributed by atoms with Crippen molar-refractivity contribution in [3.05, 3.63) is 29.8 Å². The zero-order valence-electron chi connectivity index (χ0n) is 22.4. The van der Waals surface area contributed by atoms with Gasteiger partial charge in [0.25, 0.3) is 0 Å². The number of benzene rings is 1. The first-order valence-corrected chi connectivity index (χ1v) is 12.6. The van der Waals surface area contributed by atoms with Gasteiger partial charge in [-0.3, -0.25) is 14.4 Å². The number of amides is 4. The summed E-state index contributed by atoms with van der Waals surface area (Å²) in [5.41, 5.74) is 1.32. The van der Waals surface area contributed by atoms with Crippen molar-refractivity contribution >= 4 is 29.5 Å². The quantitative estimate of drug-likeness (QED) is 0.232. The summed E-state index contributed by atoms with van der Waals surface area (Å²) >= 11 is 0. The van der Waals surface area contributed by atoms with Crippen LogP contribution in [-0.2, 0) is 25.7 Å². The lowest BCUT2D eigenvalue weighted by atomic mass is 10.0. The lowest BCUT2D eigenvalue weighted by molar-refractivity contribution is -0.132. The minimum Gasteiger partial charge on any atom is -0.445 e. The number of nitrogens with one attached hydrogen (secondary N) is 5. The summed E-state index contributed by atoms with van der Waals surface area (Å²) in [6.45, 7) is 8.60. The van der Waals surface area contributed by atoms with E-state index in [2.05, 4.69) is 26.6 Å². The van der Waals surface area contributed by atoms with Crippen LogP contribution in [0.5, 0.6) is 0 Å². The van der Waals surface area contributed by atoms with Gasteiger partial charge < -0.3 is 31.3 Å². The molecule has 1 aromatic rings. The molecule has 0 saturated heterocycles. The van der Waals surface area contributed by atoms with Crippen LogP contribution in [-0.4, -0.2) is 56.5 Å². The molecule has 202 valence electrons.